The van der Waals surface area contributed by atoms with Crippen molar-refractivity contribution in [1.82, 2.24) is 0 Å². The standard InChI is InChI=1S/C31H37NO6S2/c1-4-6-8-10-12-16-37-21-14-15-22-26(17-21)39-30(28(22)33)31-29(34)23-18-24(32(35)36)25(19-27(23)40-31)38-20(3)13-11-9-7-5-2/h14-15,17-20H,4-13,16H2,1-3H3/b31-30+/t20-/m1/s1. The van der Waals surface area contributed by atoms with Crippen LogP contribution < -0.4 is 9.47 Å². The first-order valence-electron chi connectivity index (χ1n) is 14.3. The first-order valence-corrected chi connectivity index (χ1v) is 15.9. The summed E-state index contributed by atoms with van der Waals surface area (Å²) in [6, 6.07) is 8.27. The molecule has 40 heavy (non-hydrogen) atoms. The van der Waals surface area contributed by atoms with Crippen LogP contribution in [0.4, 0.5) is 5.69 Å². The van der Waals surface area contributed by atoms with E-state index >= 15 is 0 Å². The Morgan fingerprint density at radius 2 is 1.45 bits per heavy atom. The number of allylic oxidation sites excluding steroid dienone is 2. The number of carbonyl (C=O) groups excluding carboxylic acids is 2. The van der Waals surface area contributed by atoms with Crippen molar-refractivity contribution < 1.29 is 24.0 Å². The molecule has 0 radical (unpaired) electrons. The maximum absolute atomic E-state index is 13.4. The van der Waals surface area contributed by atoms with Crippen LogP contribution in [0.1, 0.15) is 106 Å². The lowest BCUT2D eigenvalue weighted by atomic mass is 10.1. The van der Waals surface area contributed by atoms with Gasteiger partial charge in [-0.05, 0) is 44.4 Å². The maximum atomic E-state index is 13.4. The largest absolute Gasteiger partial charge is 0.494 e. The summed E-state index contributed by atoms with van der Waals surface area (Å²) < 4.78 is 11.9. The minimum absolute atomic E-state index is 0.156. The van der Waals surface area contributed by atoms with E-state index in [4.69, 9.17) is 9.47 Å². The molecule has 2 aromatic carbocycles. The maximum Gasteiger partial charge on any atom is 0.311 e. The molecule has 0 spiro atoms. The van der Waals surface area contributed by atoms with Gasteiger partial charge in [0.2, 0.25) is 11.6 Å². The Bertz CT molecular complexity index is 1300. The molecule has 9 heteroatoms. The molecule has 0 aliphatic carbocycles. The molecule has 7 nitrogen and oxygen atoms in total. The quantitative estimate of drug-likeness (QED) is 0.0886. The van der Waals surface area contributed by atoms with Crippen LogP contribution in [0.25, 0.3) is 0 Å². The van der Waals surface area contributed by atoms with Crippen molar-refractivity contribution in [2.24, 2.45) is 0 Å². The Kier molecular flexibility index (Phi) is 10.7. The van der Waals surface area contributed by atoms with Crippen LogP contribution in [0.3, 0.4) is 0 Å². The molecular weight excluding hydrogens is 546 g/mol. The van der Waals surface area contributed by atoms with Crippen LogP contribution in [-0.4, -0.2) is 29.2 Å². The van der Waals surface area contributed by atoms with Crippen molar-refractivity contribution in [1.29, 1.82) is 0 Å². The third kappa shape index (κ3) is 7.10. The summed E-state index contributed by atoms with van der Waals surface area (Å²) in [4.78, 5) is 40.0. The van der Waals surface area contributed by atoms with E-state index in [9.17, 15) is 19.7 Å². The summed E-state index contributed by atoms with van der Waals surface area (Å²) in [7, 11) is 0. The van der Waals surface area contributed by atoms with E-state index in [1.807, 2.05) is 13.0 Å². The highest BCUT2D eigenvalue weighted by molar-refractivity contribution is 8.08. The molecule has 0 N–H and O–H groups in total. The molecular formula is C31H37NO6S2. The highest BCUT2D eigenvalue weighted by Crippen LogP contribution is 2.52. The fourth-order valence-electron chi connectivity index (χ4n) is 4.80. The van der Waals surface area contributed by atoms with Gasteiger partial charge in [0.15, 0.2) is 5.75 Å². The molecule has 214 valence electrons. The molecule has 1 atom stereocenters. The minimum atomic E-state index is -0.515. The Balaban J connectivity index is 1.49. The highest BCUT2D eigenvalue weighted by Gasteiger charge is 2.38. The van der Waals surface area contributed by atoms with Crippen molar-refractivity contribution in [2.75, 3.05) is 6.61 Å². The van der Waals surface area contributed by atoms with Gasteiger partial charge < -0.3 is 9.47 Å². The average Bonchev–Trinajstić information content (AvgIpc) is 3.43. The van der Waals surface area contributed by atoms with Gasteiger partial charge in [-0.3, -0.25) is 19.7 Å². The third-order valence-corrected chi connectivity index (χ3v) is 9.48. The molecule has 2 heterocycles. The molecule has 0 saturated heterocycles. The van der Waals surface area contributed by atoms with E-state index in [2.05, 4.69) is 13.8 Å². The fourth-order valence-corrected chi connectivity index (χ4v) is 7.14. The summed E-state index contributed by atoms with van der Waals surface area (Å²) in [5.41, 5.74) is 0.544. The van der Waals surface area contributed by atoms with Crippen molar-refractivity contribution in [2.45, 2.75) is 101 Å². The predicted octanol–water partition coefficient (Wildman–Crippen LogP) is 9.17. The molecule has 0 fully saturated rings. The van der Waals surface area contributed by atoms with Crippen LogP contribution >= 0.6 is 23.5 Å². The van der Waals surface area contributed by atoms with Gasteiger partial charge in [0.05, 0.1) is 27.4 Å². The van der Waals surface area contributed by atoms with Gasteiger partial charge in [-0.15, -0.1) is 0 Å². The number of unbranched alkanes of at least 4 members (excludes halogenated alkanes) is 7. The molecule has 0 bridgehead atoms. The number of nitro groups is 1. The zero-order valence-electron chi connectivity index (χ0n) is 23.5. The SMILES string of the molecule is CCCCCCCOc1ccc2c(c1)S/C(=C1/Sc3cc(O[C@H](C)CCCCCC)c([N+](=O)[O-])cc3C1=O)C2=O. The van der Waals surface area contributed by atoms with E-state index < -0.39 is 4.92 Å². The number of ketones is 2. The van der Waals surface area contributed by atoms with Crippen LogP contribution in [0, 0.1) is 10.1 Å². The summed E-state index contributed by atoms with van der Waals surface area (Å²) in [5, 5.41) is 11.8. The van der Waals surface area contributed by atoms with Gasteiger partial charge in [0.1, 0.15) is 5.75 Å². The number of benzene rings is 2. The molecule has 4 rings (SSSR count). The molecule has 0 unspecified atom stereocenters. The third-order valence-electron chi connectivity index (χ3n) is 7.05. The van der Waals surface area contributed by atoms with Gasteiger partial charge in [0.25, 0.3) is 0 Å². The number of hydrogen-bond acceptors (Lipinski definition) is 8. The monoisotopic (exact) mass is 583 g/mol. The Labute approximate surface area is 244 Å². The van der Waals surface area contributed by atoms with E-state index in [1.54, 1.807) is 18.2 Å². The predicted molar refractivity (Wildman–Crippen MR) is 160 cm³/mol. The van der Waals surface area contributed by atoms with E-state index in [0.29, 0.717) is 32.6 Å². The van der Waals surface area contributed by atoms with Gasteiger partial charge in [-0.2, -0.15) is 0 Å². The van der Waals surface area contributed by atoms with Crippen LogP contribution in [0.15, 0.2) is 49.9 Å². The Hall–Kier alpha value is -2.78. The lowest BCUT2D eigenvalue weighted by Gasteiger charge is -2.15. The van der Waals surface area contributed by atoms with Crippen LogP contribution in [0.2, 0.25) is 0 Å². The number of carbonyl (C=O) groups is 2. The van der Waals surface area contributed by atoms with Gasteiger partial charge in [0, 0.05) is 33.1 Å². The molecule has 2 aliphatic rings. The van der Waals surface area contributed by atoms with Crippen LogP contribution in [-0.2, 0) is 0 Å². The zero-order valence-corrected chi connectivity index (χ0v) is 25.1. The molecule has 2 aliphatic heterocycles. The molecule has 0 amide bonds. The number of hydrogen-bond donors (Lipinski definition) is 0. The van der Waals surface area contributed by atoms with Gasteiger partial charge >= 0.3 is 5.69 Å². The van der Waals surface area contributed by atoms with E-state index in [1.165, 1.54) is 48.9 Å². The normalized spacial score (nSPS) is 16.7. The second-order valence-electron chi connectivity index (χ2n) is 10.3. The summed E-state index contributed by atoms with van der Waals surface area (Å²) >= 11 is 2.45. The summed E-state index contributed by atoms with van der Waals surface area (Å²) in [5.74, 6) is 0.287. The van der Waals surface area contributed by atoms with Crippen molar-refractivity contribution in [3.05, 3.63) is 61.4 Å². The Morgan fingerprint density at radius 1 is 0.825 bits per heavy atom. The first kappa shape index (κ1) is 30.2. The van der Waals surface area contributed by atoms with E-state index in [-0.39, 0.29) is 34.7 Å². The number of Topliss-reactive ketones (excluding diaryl/α,β-unsaturated/α-hetero) is 2. The van der Waals surface area contributed by atoms with Crippen molar-refractivity contribution >= 4 is 40.8 Å². The summed E-state index contributed by atoms with van der Waals surface area (Å²) in [6.45, 7) is 6.87. The molecule has 0 aromatic heterocycles. The van der Waals surface area contributed by atoms with Crippen LogP contribution in [0.5, 0.6) is 11.5 Å². The number of thioether (sulfide) groups is 2. The summed E-state index contributed by atoms with van der Waals surface area (Å²) in [6.07, 6.45) is 10.7. The minimum Gasteiger partial charge on any atom is -0.494 e. The first-order chi connectivity index (χ1) is 19.3. The number of fused-ring (bicyclic) bond motifs is 2. The molecule has 2 aromatic rings. The second kappa shape index (κ2) is 14.2. The van der Waals surface area contributed by atoms with Crippen molar-refractivity contribution in [3.8, 4) is 11.5 Å². The fraction of sp³-hybridized carbons (Fsp3) is 0.484. The van der Waals surface area contributed by atoms with Gasteiger partial charge in [-0.25, -0.2) is 0 Å². The number of rotatable bonds is 15. The lowest BCUT2D eigenvalue weighted by molar-refractivity contribution is -0.386. The number of nitrogens with zero attached hydrogens (tertiary/aromatic N) is 1. The lowest BCUT2D eigenvalue weighted by Crippen LogP contribution is -2.13. The Morgan fingerprint density at radius 3 is 2.12 bits per heavy atom. The number of ether oxygens (including phenoxy) is 2. The highest BCUT2D eigenvalue weighted by atomic mass is 32.2. The topological polar surface area (TPSA) is 95.7 Å². The van der Waals surface area contributed by atoms with Crippen molar-refractivity contribution in [3.63, 3.8) is 0 Å². The smallest absolute Gasteiger partial charge is 0.311 e. The van der Waals surface area contributed by atoms with Gasteiger partial charge in [-0.1, -0.05) is 82.3 Å². The number of nitro benzene ring substituents is 1. The zero-order chi connectivity index (χ0) is 28.6. The second-order valence-corrected chi connectivity index (χ2v) is 12.4. The van der Waals surface area contributed by atoms with E-state index in [0.717, 1.165) is 49.8 Å². The molecule has 0 saturated carbocycles. The average molecular weight is 584 g/mol.